The van der Waals surface area contributed by atoms with Gasteiger partial charge in [0.25, 0.3) is 0 Å². The highest BCUT2D eigenvalue weighted by molar-refractivity contribution is 7.89. The zero-order valence-electron chi connectivity index (χ0n) is 10.2. The second kappa shape index (κ2) is 5.72. The van der Waals surface area contributed by atoms with Gasteiger partial charge in [0, 0.05) is 26.0 Å². The molecule has 2 aromatic heterocycles. The number of sulfonamides is 1. The van der Waals surface area contributed by atoms with E-state index in [2.05, 4.69) is 25.0 Å². The van der Waals surface area contributed by atoms with Crippen LogP contribution < -0.4 is 10.0 Å². The summed E-state index contributed by atoms with van der Waals surface area (Å²) >= 11 is 0. The zero-order valence-corrected chi connectivity index (χ0v) is 11.1. The minimum atomic E-state index is -3.61. The first-order chi connectivity index (χ1) is 9.12. The van der Waals surface area contributed by atoms with Crippen molar-refractivity contribution < 1.29 is 8.42 Å². The van der Waals surface area contributed by atoms with Gasteiger partial charge in [-0.2, -0.15) is 0 Å². The topological polar surface area (TPSA) is 96.9 Å². The molecule has 0 saturated carbocycles. The van der Waals surface area contributed by atoms with E-state index >= 15 is 0 Å². The van der Waals surface area contributed by atoms with Crippen LogP contribution >= 0.6 is 0 Å². The van der Waals surface area contributed by atoms with Crippen molar-refractivity contribution in [1.82, 2.24) is 19.7 Å². The summed E-state index contributed by atoms with van der Waals surface area (Å²) in [4.78, 5) is 11.7. The van der Waals surface area contributed by atoms with Crippen LogP contribution in [0.5, 0.6) is 0 Å². The van der Waals surface area contributed by atoms with E-state index in [0.29, 0.717) is 5.95 Å². The Kier molecular flexibility index (Phi) is 4.03. The van der Waals surface area contributed by atoms with Crippen LogP contribution in [-0.4, -0.2) is 30.4 Å². The van der Waals surface area contributed by atoms with Crippen LogP contribution in [0.25, 0.3) is 0 Å². The number of nitrogens with zero attached hydrogens (tertiary/aromatic N) is 3. The van der Waals surface area contributed by atoms with E-state index in [1.165, 1.54) is 12.4 Å². The molecule has 0 unspecified atom stereocenters. The number of nitrogens with one attached hydrogen (secondary N) is 2. The summed E-state index contributed by atoms with van der Waals surface area (Å²) in [6, 6.07) is 3.53. The van der Waals surface area contributed by atoms with Gasteiger partial charge in [0.05, 0.1) is 12.4 Å². The van der Waals surface area contributed by atoms with Crippen molar-refractivity contribution in [3.63, 3.8) is 0 Å². The maximum atomic E-state index is 12.0. The molecule has 0 atom stereocenters. The van der Waals surface area contributed by atoms with Crippen LogP contribution in [-0.2, 0) is 16.6 Å². The third kappa shape index (κ3) is 3.46. The lowest BCUT2D eigenvalue weighted by molar-refractivity contribution is 0.580. The van der Waals surface area contributed by atoms with Crippen molar-refractivity contribution in [3.05, 3.63) is 42.5 Å². The second-order valence-electron chi connectivity index (χ2n) is 3.68. The average molecular weight is 279 g/mol. The van der Waals surface area contributed by atoms with Crippen molar-refractivity contribution in [1.29, 1.82) is 0 Å². The predicted octanol–water partition coefficient (Wildman–Crippen LogP) is 0.392. The van der Waals surface area contributed by atoms with E-state index in [-0.39, 0.29) is 11.4 Å². The lowest BCUT2D eigenvalue weighted by atomic mass is 10.3. The van der Waals surface area contributed by atoms with E-state index in [0.717, 1.165) is 5.56 Å². The van der Waals surface area contributed by atoms with Crippen molar-refractivity contribution >= 4 is 16.0 Å². The summed E-state index contributed by atoms with van der Waals surface area (Å²) in [5.74, 6) is 0.367. The summed E-state index contributed by atoms with van der Waals surface area (Å²) in [5.41, 5.74) is 0.777. The summed E-state index contributed by atoms with van der Waals surface area (Å²) < 4.78 is 26.4. The highest BCUT2D eigenvalue weighted by atomic mass is 32.2. The molecule has 2 heterocycles. The van der Waals surface area contributed by atoms with Crippen LogP contribution in [0.15, 0.2) is 41.8 Å². The fraction of sp³-hybridized carbons (Fsp3) is 0.182. The van der Waals surface area contributed by atoms with Crippen LogP contribution in [0.2, 0.25) is 0 Å². The Bertz CT molecular complexity index is 628. The minimum absolute atomic E-state index is 0.0235. The van der Waals surface area contributed by atoms with E-state index in [1.807, 2.05) is 0 Å². The van der Waals surface area contributed by atoms with Crippen LogP contribution in [0, 0.1) is 0 Å². The first kappa shape index (κ1) is 13.4. The van der Waals surface area contributed by atoms with Crippen molar-refractivity contribution in [3.8, 4) is 0 Å². The summed E-state index contributed by atoms with van der Waals surface area (Å²) in [5, 5.41) is 2.72. The fourth-order valence-electron chi connectivity index (χ4n) is 1.35. The molecule has 0 bridgehead atoms. The highest BCUT2D eigenvalue weighted by Crippen LogP contribution is 2.08. The zero-order chi connectivity index (χ0) is 13.7. The van der Waals surface area contributed by atoms with Gasteiger partial charge in [0.1, 0.15) is 4.90 Å². The molecule has 2 N–H and O–H groups in total. The third-order valence-electron chi connectivity index (χ3n) is 2.35. The molecule has 0 radical (unpaired) electrons. The molecule has 100 valence electrons. The van der Waals surface area contributed by atoms with Crippen molar-refractivity contribution in [2.45, 2.75) is 11.4 Å². The molecular formula is C11H13N5O2S. The highest BCUT2D eigenvalue weighted by Gasteiger charge is 2.14. The number of hydrogen-bond donors (Lipinski definition) is 2. The molecule has 0 fully saturated rings. The Labute approximate surface area is 111 Å². The quantitative estimate of drug-likeness (QED) is 0.822. The molecule has 0 aliphatic heterocycles. The largest absolute Gasteiger partial charge is 0.357 e. The number of hydrogen-bond acceptors (Lipinski definition) is 6. The van der Waals surface area contributed by atoms with Gasteiger partial charge in [-0.3, -0.25) is 4.98 Å². The molecule has 0 saturated heterocycles. The van der Waals surface area contributed by atoms with E-state index < -0.39 is 10.0 Å². The Morgan fingerprint density at radius 2 is 1.95 bits per heavy atom. The molecular weight excluding hydrogens is 266 g/mol. The van der Waals surface area contributed by atoms with Gasteiger partial charge in [-0.1, -0.05) is 6.07 Å². The van der Waals surface area contributed by atoms with Gasteiger partial charge in [0.15, 0.2) is 0 Å². The minimum Gasteiger partial charge on any atom is -0.357 e. The van der Waals surface area contributed by atoms with E-state index in [9.17, 15) is 8.42 Å². The number of pyridine rings is 1. The molecule has 2 aromatic rings. The van der Waals surface area contributed by atoms with Gasteiger partial charge >= 0.3 is 0 Å². The lowest BCUT2D eigenvalue weighted by Gasteiger charge is -2.06. The lowest BCUT2D eigenvalue weighted by Crippen LogP contribution is -2.23. The van der Waals surface area contributed by atoms with Crippen LogP contribution in [0.4, 0.5) is 5.95 Å². The van der Waals surface area contributed by atoms with Crippen molar-refractivity contribution in [2.75, 3.05) is 12.4 Å². The summed E-state index contributed by atoms with van der Waals surface area (Å²) in [6.45, 7) is 0.171. The normalized spacial score (nSPS) is 11.2. The Balaban J connectivity index is 2.09. The number of aromatic nitrogens is 3. The summed E-state index contributed by atoms with van der Waals surface area (Å²) in [6.07, 6.45) is 5.74. The standard InChI is InChI=1S/C11H13N5O2S/c1-12-11-14-7-10(8-15-11)19(17,18)16-6-9-3-2-4-13-5-9/h2-5,7-8,16H,6H2,1H3,(H,12,14,15). The number of rotatable bonds is 5. The predicted molar refractivity (Wildman–Crippen MR) is 69.8 cm³/mol. The van der Waals surface area contributed by atoms with E-state index in [1.54, 1.807) is 31.6 Å². The molecule has 0 aliphatic carbocycles. The second-order valence-corrected chi connectivity index (χ2v) is 5.45. The Hall–Kier alpha value is -2.06. The molecule has 7 nitrogen and oxygen atoms in total. The summed E-state index contributed by atoms with van der Waals surface area (Å²) in [7, 11) is -1.96. The Morgan fingerprint density at radius 3 is 2.53 bits per heavy atom. The fourth-order valence-corrected chi connectivity index (χ4v) is 2.25. The number of anilines is 1. The molecule has 0 spiro atoms. The first-order valence-electron chi connectivity index (χ1n) is 5.50. The van der Waals surface area contributed by atoms with Gasteiger partial charge < -0.3 is 5.32 Å². The Morgan fingerprint density at radius 1 is 1.21 bits per heavy atom. The first-order valence-corrected chi connectivity index (χ1v) is 6.98. The van der Waals surface area contributed by atoms with Crippen molar-refractivity contribution in [2.24, 2.45) is 0 Å². The SMILES string of the molecule is CNc1ncc(S(=O)(=O)NCc2cccnc2)cn1. The molecule has 0 aromatic carbocycles. The average Bonchev–Trinajstić information content (AvgIpc) is 2.46. The monoisotopic (exact) mass is 279 g/mol. The maximum absolute atomic E-state index is 12.0. The molecule has 19 heavy (non-hydrogen) atoms. The van der Waals surface area contributed by atoms with Crippen LogP contribution in [0.3, 0.4) is 0 Å². The maximum Gasteiger partial charge on any atom is 0.243 e. The van der Waals surface area contributed by atoms with Crippen LogP contribution in [0.1, 0.15) is 5.56 Å². The van der Waals surface area contributed by atoms with Gasteiger partial charge in [-0.15, -0.1) is 0 Å². The smallest absolute Gasteiger partial charge is 0.243 e. The van der Waals surface area contributed by atoms with Gasteiger partial charge in [-0.05, 0) is 11.6 Å². The van der Waals surface area contributed by atoms with Gasteiger partial charge in [0.2, 0.25) is 16.0 Å². The van der Waals surface area contributed by atoms with E-state index in [4.69, 9.17) is 0 Å². The molecule has 8 heteroatoms. The molecule has 2 rings (SSSR count). The molecule has 0 aliphatic rings. The third-order valence-corrected chi connectivity index (χ3v) is 3.71. The molecule has 0 amide bonds. The van der Waals surface area contributed by atoms with Gasteiger partial charge in [-0.25, -0.2) is 23.1 Å².